The van der Waals surface area contributed by atoms with Crippen molar-refractivity contribution in [1.29, 1.82) is 0 Å². The number of rotatable bonds is 4. The number of hydrogen-bond donors (Lipinski definition) is 1. The molecule has 1 N–H and O–H groups in total. The molecular formula is C13H15N3O2. The normalized spacial score (nSPS) is 11.6. The first kappa shape index (κ1) is 12.2. The number of hydrogen-bond acceptors (Lipinski definition) is 4. The van der Waals surface area contributed by atoms with Gasteiger partial charge in [-0.25, -0.2) is 0 Å². The summed E-state index contributed by atoms with van der Waals surface area (Å²) in [6.07, 6.45) is 3.68. The largest absolute Gasteiger partial charge is 0.489 e. The van der Waals surface area contributed by atoms with Crippen LogP contribution in [0.15, 0.2) is 41.8 Å². The molecular weight excluding hydrogens is 230 g/mol. The molecule has 0 spiro atoms. The van der Waals surface area contributed by atoms with Gasteiger partial charge in [-0.15, -0.1) is 0 Å². The molecule has 1 heterocycles. The molecule has 0 aliphatic heterocycles. The molecule has 0 fully saturated rings. The van der Waals surface area contributed by atoms with Gasteiger partial charge >= 0.3 is 0 Å². The van der Waals surface area contributed by atoms with Crippen LogP contribution in [0, 0.1) is 0 Å². The van der Waals surface area contributed by atoms with Gasteiger partial charge in [0.1, 0.15) is 12.4 Å². The molecule has 2 rings (SSSR count). The maximum absolute atomic E-state index is 8.73. The Morgan fingerprint density at radius 2 is 2.33 bits per heavy atom. The first-order chi connectivity index (χ1) is 8.69. The zero-order valence-electron chi connectivity index (χ0n) is 10.4. The van der Waals surface area contributed by atoms with Gasteiger partial charge in [0, 0.05) is 24.4 Å². The number of benzene rings is 1. The van der Waals surface area contributed by atoms with Crippen molar-refractivity contribution >= 4 is 5.71 Å². The molecule has 0 unspecified atom stereocenters. The summed E-state index contributed by atoms with van der Waals surface area (Å²) >= 11 is 0. The third kappa shape index (κ3) is 2.88. The SMILES string of the molecule is C/C(=N\O)c1cccc(OCc2cnn(C)c2)c1. The molecule has 0 aliphatic carbocycles. The smallest absolute Gasteiger partial charge is 0.120 e. The van der Waals surface area contributed by atoms with Gasteiger partial charge in [-0.05, 0) is 19.1 Å². The minimum atomic E-state index is 0.465. The summed E-state index contributed by atoms with van der Waals surface area (Å²) in [5.74, 6) is 0.736. The van der Waals surface area contributed by atoms with Crippen LogP contribution < -0.4 is 4.74 Å². The van der Waals surface area contributed by atoms with Gasteiger partial charge in [-0.1, -0.05) is 17.3 Å². The van der Waals surface area contributed by atoms with Crippen molar-refractivity contribution in [3.8, 4) is 5.75 Å². The van der Waals surface area contributed by atoms with Crippen LogP contribution in [0.4, 0.5) is 0 Å². The predicted molar refractivity (Wildman–Crippen MR) is 68.0 cm³/mol. The summed E-state index contributed by atoms with van der Waals surface area (Å²) in [5, 5.41) is 16.0. The lowest BCUT2D eigenvalue weighted by molar-refractivity contribution is 0.306. The van der Waals surface area contributed by atoms with Crippen molar-refractivity contribution in [3.63, 3.8) is 0 Å². The Morgan fingerprint density at radius 3 is 3.00 bits per heavy atom. The van der Waals surface area contributed by atoms with Crippen LogP contribution in [0.3, 0.4) is 0 Å². The Balaban J connectivity index is 2.05. The van der Waals surface area contributed by atoms with Crippen molar-refractivity contribution in [1.82, 2.24) is 9.78 Å². The average molecular weight is 245 g/mol. The van der Waals surface area contributed by atoms with Gasteiger partial charge < -0.3 is 9.94 Å². The van der Waals surface area contributed by atoms with Gasteiger partial charge in [-0.2, -0.15) is 5.10 Å². The number of ether oxygens (including phenoxy) is 1. The molecule has 94 valence electrons. The molecule has 5 nitrogen and oxygen atoms in total. The topological polar surface area (TPSA) is 59.6 Å². The summed E-state index contributed by atoms with van der Waals surface area (Å²) in [7, 11) is 1.87. The number of nitrogens with zero attached hydrogens (tertiary/aromatic N) is 3. The lowest BCUT2D eigenvalue weighted by Gasteiger charge is -2.06. The van der Waals surface area contributed by atoms with Crippen LogP contribution in [0.5, 0.6) is 5.75 Å². The average Bonchev–Trinajstić information content (AvgIpc) is 2.81. The second-order valence-corrected chi connectivity index (χ2v) is 4.02. The third-order valence-electron chi connectivity index (χ3n) is 2.57. The van der Waals surface area contributed by atoms with Crippen LogP contribution in [-0.4, -0.2) is 20.7 Å². The lowest BCUT2D eigenvalue weighted by Crippen LogP contribution is -1.98. The first-order valence-corrected chi connectivity index (χ1v) is 5.58. The van der Waals surface area contributed by atoms with E-state index in [4.69, 9.17) is 9.94 Å². The second-order valence-electron chi connectivity index (χ2n) is 4.02. The zero-order valence-corrected chi connectivity index (χ0v) is 10.4. The Hall–Kier alpha value is -2.30. The highest BCUT2D eigenvalue weighted by Gasteiger charge is 2.02. The van der Waals surface area contributed by atoms with E-state index in [1.807, 2.05) is 37.5 Å². The summed E-state index contributed by atoms with van der Waals surface area (Å²) < 4.78 is 7.38. The molecule has 18 heavy (non-hydrogen) atoms. The molecule has 0 radical (unpaired) electrons. The molecule has 0 bridgehead atoms. The minimum absolute atomic E-state index is 0.465. The zero-order chi connectivity index (χ0) is 13.0. The van der Waals surface area contributed by atoms with E-state index in [1.54, 1.807) is 17.8 Å². The van der Waals surface area contributed by atoms with Gasteiger partial charge in [-0.3, -0.25) is 4.68 Å². The van der Waals surface area contributed by atoms with E-state index in [9.17, 15) is 0 Å². The third-order valence-corrected chi connectivity index (χ3v) is 2.57. The van der Waals surface area contributed by atoms with Crippen LogP contribution in [0.1, 0.15) is 18.1 Å². The van der Waals surface area contributed by atoms with Crippen LogP contribution in [0.25, 0.3) is 0 Å². The van der Waals surface area contributed by atoms with E-state index in [1.165, 1.54) is 0 Å². The Morgan fingerprint density at radius 1 is 1.50 bits per heavy atom. The van der Waals surface area contributed by atoms with Crippen molar-refractivity contribution in [3.05, 3.63) is 47.8 Å². The van der Waals surface area contributed by atoms with Crippen LogP contribution >= 0.6 is 0 Å². The van der Waals surface area contributed by atoms with E-state index in [2.05, 4.69) is 10.3 Å². The molecule has 5 heteroatoms. The maximum atomic E-state index is 8.73. The molecule has 0 atom stereocenters. The second kappa shape index (κ2) is 5.35. The molecule has 0 aliphatic rings. The van der Waals surface area contributed by atoms with E-state index in [0.29, 0.717) is 12.3 Å². The predicted octanol–water partition coefficient (Wildman–Crippen LogP) is 2.20. The van der Waals surface area contributed by atoms with E-state index >= 15 is 0 Å². The lowest BCUT2D eigenvalue weighted by atomic mass is 10.1. The Labute approximate surface area is 105 Å². The Bertz CT molecular complexity index is 561. The fourth-order valence-corrected chi connectivity index (χ4v) is 1.58. The van der Waals surface area contributed by atoms with Gasteiger partial charge in [0.05, 0.1) is 11.9 Å². The molecule has 1 aromatic heterocycles. The molecule has 1 aromatic carbocycles. The molecule has 2 aromatic rings. The Kier molecular flexibility index (Phi) is 3.62. The van der Waals surface area contributed by atoms with Crippen molar-refractivity contribution in [2.24, 2.45) is 12.2 Å². The number of aryl methyl sites for hydroxylation is 1. The quantitative estimate of drug-likeness (QED) is 0.510. The summed E-state index contributed by atoms with van der Waals surface area (Å²) in [5.41, 5.74) is 2.40. The fraction of sp³-hybridized carbons (Fsp3) is 0.231. The number of aromatic nitrogens is 2. The maximum Gasteiger partial charge on any atom is 0.120 e. The highest BCUT2D eigenvalue weighted by atomic mass is 16.5. The minimum Gasteiger partial charge on any atom is -0.489 e. The van der Waals surface area contributed by atoms with Crippen LogP contribution in [-0.2, 0) is 13.7 Å². The highest BCUT2D eigenvalue weighted by Crippen LogP contribution is 2.15. The van der Waals surface area contributed by atoms with Crippen molar-refractivity contribution < 1.29 is 9.94 Å². The fourth-order valence-electron chi connectivity index (χ4n) is 1.58. The first-order valence-electron chi connectivity index (χ1n) is 5.58. The van der Waals surface area contributed by atoms with Crippen LogP contribution in [0.2, 0.25) is 0 Å². The molecule has 0 saturated heterocycles. The standard InChI is InChI=1S/C13H15N3O2/c1-10(15-17)12-4-3-5-13(6-12)18-9-11-7-14-16(2)8-11/h3-8,17H,9H2,1-2H3/b15-10+. The van der Waals surface area contributed by atoms with E-state index in [-0.39, 0.29) is 0 Å². The van der Waals surface area contributed by atoms with Crippen molar-refractivity contribution in [2.45, 2.75) is 13.5 Å². The van der Waals surface area contributed by atoms with Gasteiger partial charge in [0.25, 0.3) is 0 Å². The highest BCUT2D eigenvalue weighted by molar-refractivity contribution is 5.98. The monoisotopic (exact) mass is 245 g/mol. The van der Waals surface area contributed by atoms with E-state index in [0.717, 1.165) is 16.9 Å². The molecule has 0 amide bonds. The summed E-state index contributed by atoms with van der Waals surface area (Å²) in [4.78, 5) is 0. The van der Waals surface area contributed by atoms with E-state index < -0.39 is 0 Å². The summed E-state index contributed by atoms with van der Waals surface area (Å²) in [6, 6.07) is 7.44. The summed E-state index contributed by atoms with van der Waals surface area (Å²) in [6.45, 7) is 2.20. The van der Waals surface area contributed by atoms with Crippen molar-refractivity contribution in [2.75, 3.05) is 0 Å². The molecule has 0 saturated carbocycles. The van der Waals surface area contributed by atoms with Gasteiger partial charge in [0.15, 0.2) is 0 Å². The van der Waals surface area contributed by atoms with Gasteiger partial charge in [0.2, 0.25) is 0 Å². The number of oxime groups is 1.